The van der Waals surface area contributed by atoms with E-state index in [2.05, 4.69) is 22.0 Å². The number of nitrogens with two attached hydrogens (primary N) is 1. The summed E-state index contributed by atoms with van der Waals surface area (Å²) in [4.78, 5) is 8.55. The molecule has 1 fully saturated rings. The van der Waals surface area contributed by atoms with Crippen LogP contribution in [0.1, 0.15) is 58.1 Å². The topological polar surface area (TPSA) is 98.6 Å². The van der Waals surface area contributed by atoms with Gasteiger partial charge in [-0.25, -0.2) is 9.50 Å². The number of fused-ring (bicyclic) bond motifs is 1. The molecule has 2 heterocycles. The monoisotopic (exact) mass is 333 g/mol. The number of ether oxygens (including phenoxy) is 1. The minimum absolute atomic E-state index is 0.0407. The number of aromatic nitrogens is 4. The average molecular weight is 333 g/mol. The summed E-state index contributed by atoms with van der Waals surface area (Å²) in [7, 11) is 0. The zero-order valence-electron chi connectivity index (χ0n) is 14.5. The van der Waals surface area contributed by atoms with E-state index in [1.807, 2.05) is 6.92 Å². The first-order valence-corrected chi connectivity index (χ1v) is 8.93. The molecule has 0 radical (unpaired) electrons. The van der Waals surface area contributed by atoms with Crippen molar-refractivity contribution in [2.75, 3.05) is 5.73 Å². The van der Waals surface area contributed by atoms with E-state index in [-0.39, 0.29) is 24.1 Å². The van der Waals surface area contributed by atoms with Crippen LogP contribution in [0.25, 0.3) is 5.65 Å². The Morgan fingerprint density at radius 3 is 2.96 bits per heavy atom. The van der Waals surface area contributed by atoms with Crippen LogP contribution >= 0.6 is 0 Å². The maximum absolute atomic E-state index is 10.2. The first kappa shape index (κ1) is 17.0. The van der Waals surface area contributed by atoms with Crippen LogP contribution in [0.4, 0.5) is 5.82 Å². The van der Waals surface area contributed by atoms with Gasteiger partial charge in [-0.15, -0.1) is 5.10 Å². The summed E-state index contributed by atoms with van der Waals surface area (Å²) in [5.74, 6) is 0.567. The van der Waals surface area contributed by atoms with E-state index in [9.17, 15) is 5.11 Å². The molecule has 132 valence electrons. The van der Waals surface area contributed by atoms with E-state index in [4.69, 9.17) is 10.5 Å². The lowest BCUT2D eigenvalue weighted by Gasteiger charge is -2.27. The minimum atomic E-state index is -0.246. The highest BCUT2D eigenvalue weighted by molar-refractivity contribution is 5.59. The Hall–Kier alpha value is -1.89. The number of hydrogen-bond donors (Lipinski definition) is 2. The molecular formula is C17H27N5O2. The van der Waals surface area contributed by atoms with E-state index < -0.39 is 0 Å². The molecular weight excluding hydrogens is 306 g/mol. The summed E-state index contributed by atoms with van der Waals surface area (Å²) in [6, 6.07) is 0.282. The van der Waals surface area contributed by atoms with Gasteiger partial charge in [-0.3, -0.25) is 0 Å². The smallest absolute Gasteiger partial charge is 0.336 e. The second-order valence-corrected chi connectivity index (χ2v) is 6.80. The highest BCUT2D eigenvalue weighted by atomic mass is 16.5. The fourth-order valence-electron chi connectivity index (χ4n) is 3.46. The largest absolute Gasteiger partial charge is 0.459 e. The summed E-state index contributed by atoms with van der Waals surface area (Å²) in [6.07, 6.45) is 8.46. The molecule has 1 aliphatic carbocycles. The molecule has 1 aliphatic rings. The maximum Gasteiger partial charge on any atom is 0.336 e. The molecule has 0 amide bonds. The number of aliphatic hydroxyl groups excluding tert-OH is 1. The predicted octanol–water partition coefficient (Wildman–Crippen LogP) is 2.37. The van der Waals surface area contributed by atoms with Crippen molar-refractivity contribution in [3.05, 3.63) is 11.9 Å². The molecule has 0 aliphatic heterocycles. The van der Waals surface area contributed by atoms with Crippen molar-refractivity contribution >= 4 is 11.5 Å². The van der Waals surface area contributed by atoms with Crippen LogP contribution in [0.2, 0.25) is 0 Å². The second kappa shape index (κ2) is 7.34. The fraction of sp³-hybridized carbons (Fsp3) is 0.706. The summed E-state index contributed by atoms with van der Waals surface area (Å²) >= 11 is 0. The zero-order chi connectivity index (χ0) is 17.1. The molecule has 7 nitrogen and oxygen atoms in total. The molecule has 3 atom stereocenters. The molecule has 2 aromatic rings. The van der Waals surface area contributed by atoms with Crippen molar-refractivity contribution in [3.63, 3.8) is 0 Å². The Morgan fingerprint density at radius 1 is 1.42 bits per heavy atom. The molecule has 2 aromatic heterocycles. The van der Waals surface area contributed by atoms with Crippen molar-refractivity contribution in [2.24, 2.45) is 5.92 Å². The normalized spacial score (nSPS) is 22.6. The van der Waals surface area contributed by atoms with Crippen LogP contribution in [0.3, 0.4) is 0 Å². The Labute approximate surface area is 142 Å². The Kier molecular flexibility index (Phi) is 5.18. The van der Waals surface area contributed by atoms with Crippen LogP contribution in [-0.2, 0) is 6.42 Å². The lowest BCUT2D eigenvalue weighted by atomic mass is 9.84. The summed E-state index contributed by atoms with van der Waals surface area (Å²) in [6.45, 7) is 4.11. The van der Waals surface area contributed by atoms with Crippen LogP contribution in [0.5, 0.6) is 6.01 Å². The summed E-state index contributed by atoms with van der Waals surface area (Å²) in [5, 5.41) is 14.7. The van der Waals surface area contributed by atoms with Crippen LogP contribution < -0.4 is 10.5 Å². The molecule has 7 heteroatoms. The second-order valence-electron chi connectivity index (χ2n) is 6.80. The maximum atomic E-state index is 10.2. The van der Waals surface area contributed by atoms with Gasteiger partial charge in [0.25, 0.3) is 0 Å². The van der Waals surface area contributed by atoms with Gasteiger partial charge < -0.3 is 15.6 Å². The van der Waals surface area contributed by atoms with Gasteiger partial charge in [0.15, 0.2) is 11.5 Å². The minimum Gasteiger partial charge on any atom is -0.459 e. The van der Waals surface area contributed by atoms with Crippen molar-refractivity contribution in [1.29, 1.82) is 0 Å². The third-order valence-electron chi connectivity index (χ3n) is 4.78. The van der Waals surface area contributed by atoms with Gasteiger partial charge in [-0.1, -0.05) is 26.2 Å². The third-order valence-corrected chi connectivity index (χ3v) is 4.78. The van der Waals surface area contributed by atoms with Crippen molar-refractivity contribution in [3.8, 4) is 6.01 Å². The van der Waals surface area contributed by atoms with Crippen molar-refractivity contribution in [1.82, 2.24) is 19.6 Å². The van der Waals surface area contributed by atoms with Gasteiger partial charge in [0.05, 0.1) is 24.1 Å². The Bertz CT molecular complexity index is 687. The number of nitrogen functional groups attached to an aromatic ring is 1. The van der Waals surface area contributed by atoms with Crippen LogP contribution in [-0.4, -0.2) is 36.9 Å². The van der Waals surface area contributed by atoms with Gasteiger partial charge in [0.1, 0.15) is 0 Å². The van der Waals surface area contributed by atoms with Crippen LogP contribution in [0.15, 0.2) is 6.20 Å². The molecule has 3 N–H and O–H groups in total. The van der Waals surface area contributed by atoms with Crippen molar-refractivity contribution < 1.29 is 9.84 Å². The average Bonchev–Trinajstić information content (AvgIpc) is 2.93. The number of anilines is 1. The molecule has 0 saturated heterocycles. The number of hydrogen-bond acceptors (Lipinski definition) is 6. The fourth-order valence-corrected chi connectivity index (χ4v) is 3.46. The van der Waals surface area contributed by atoms with E-state index >= 15 is 0 Å². The predicted molar refractivity (Wildman–Crippen MR) is 91.9 cm³/mol. The molecule has 0 spiro atoms. The number of aliphatic hydroxyl groups is 1. The van der Waals surface area contributed by atoms with E-state index in [1.54, 1.807) is 10.7 Å². The molecule has 1 saturated carbocycles. The molecule has 0 aromatic carbocycles. The standard InChI is InChI=1S/C17H27N5O2/c1-3-6-11(2)24-17-20-15(18)16-19-10-13(22(16)21-17)9-12-7-4-5-8-14(12)23/h10-12,14,23H,3-9H2,1-2H3,(H2,18,20,21)/t11-,12?,14?/m0/s1. The lowest BCUT2D eigenvalue weighted by molar-refractivity contribution is 0.0693. The highest BCUT2D eigenvalue weighted by Crippen LogP contribution is 2.28. The number of nitrogens with zero attached hydrogens (tertiary/aromatic N) is 4. The van der Waals surface area contributed by atoms with Crippen molar-refractivity contribution in [2.45, 2.75) is 71.0 Å². The summed E-state index contributed by atoms with van der Waals surface area (Å²) < 4.78 is 7.50. The van der Waals surface area contributed by atoms with E-state index in [0.29, 0.717) is 11.5 Å². The van der Waals surface area contributed by atoms with Gasteiger partial charge in [-0.05, 0) is 38.5 Å². The number of imidazole rings is 1. The van der Waals surface area contributed by atoms with Gasteiger partial charge in [0, 0.05) is 0 Å². The SMILES string of the molecule is CCC[C@H](C)Oc1nc(N)c2ncc(CC3CCCCC3O)n2n1. The van der Waals surface area contributed by atoms with E-state index in [0.717, 1.165) is 44.2 Å². The highest BCUT2D eigenvalue weighted by Gasteiger charge is 2.25. The van der Waals surface area contributed by atoms with Gasteiger partial charge in [0.2, 0.25) is 0 Å². The first-order valence-electron chi connectivity index (χ1n) is 8.93. The first-order chi connectivity index (χ1) is 11.6. The Balaban J connectivity index is 1.84. The van der Waals surface area contributed by atoms with E-state index in [1.165, 1.54) is 6.42 Å². The third kappa shape index (κ3) is 3.61. The lowest BCUT2D eigenvalue weighted by Crippen LogP contribution is -2.26. The van der Waals surface area contributed by atoms with Gasteiger partial charge >= 0.3 is 6.01 Å². The molecule has 0 bridgehead atoms. The zero-order valence-corrected chi connectivity index (χ0v) is 14.5. The number of rotatable bonds is 6. The Morgan fingerprint density at radius 2 is 2.21 bits per heavy atom. The van der Waals surface area contributed by atoms with Gasteiger partial charge in [-0.2, -0.15) is 4.98 Å². The molecule has 3 rings (SSSR count). The van der Waals surface area contributed by atoms with Crippen LogP contribution in [0, 0.1) is 5.92 Å². The molecule has 2 unspecified atom stereocenters. The summed E-state index contributed by atoms with van der Waals surface area (Å²) in [5.41, 5.74) is 7.51. The molecule has 24 heavy (non-hydrogen) atoms. The quantitative estimate of drug-likeness (QED) is 0.842.